The normalized spacial score (nSPS) is 24.2. The number of carbonyl (C=O) groups is 1. The van der Waals surface area contributed by atoms with E-state index in [1.165, 1.54) is 0 Å². The van der Waals surface area contributed by atoms with Gasteiger partial charge in [0.05, 0.1) is 18.3 Å². The zero-order valence-corrected chi connectivity index (χ0v) is 26.5. The minimum Gasteiger partial charge on any atom is -0.493 e. The van der Waals surface area contributed by atoms with E-state index in [2.05, 4.69) is 20.8 Å². The Morgan fingerprint density at radius 3 is 2.17 bits per heavy atom. The molecule has 5 rings (SSSR count). The number of aliphatic imine (C=N–C) groups is 1. The SMILES string of the molecule is CCOc1cc(C(C)(C)C)ncc1C1=N[C@@](C)(c2ccc(Cl)cc2)[C@@](C)(c2ccc(Cl)cc2)N1C(=O)N1CCC(O)C1. The first-order valence-corrected chi connectivity index (χ1v) is 15.1. The van der Waals surface area contributed by atoms with Gasteiger partial charge < -0.3 is 14.7 Å². The van der Waals surface area contributed by atoms with Gasteiger partial charge in [0.25, 0.3) is 0 Å². The van der Waals surface area contributed by atoms with E-state index in [9.17, 15) is 9.90 Å². The topological polar surface area (TPSA) is 78.3 Å². The van der Waals surface area contributed by atoms with Gasteiger partial charge >= 0.3 is 6.03 Å². The monoisotopic (exact) mass is 608 g/mol. The van der Waals surface area contributed by atoms with Crippen molar-refractivity contribution >= 4 is 35.1 Å². The van der Waals surface area contributed by atoms with Crippen LogP contribution >= 0.6 is 23.2 Å². The first kappa shape index (κ1) is 30.3. The fraction of sp³-hybridized carbons (Fsp3) is 0.424. The number of aliphatic hydroxyl groups excluding tert-OH is 1. The van der Waals surface area contributed by atoms with E-state index < -0.39 is 17.2 Å². The summed E-state index contributed by atoms with van der Waals surface area (Å²) >= 11 is 12.6. The Kier molecular flexibility index (Phi) is 8.07. The van der Waals surface area contributed by atoms with Gasteiger partial charge in [-0.05, 0) is 62.6 Å². The van der Waals surface area contributed by atoms with Gasteiger partial charge in [-0.2, -0.15) is 0 Å². The Morgan fingerprint density at radius 2 is 1.64 bits per heavy atom. The minimum atomic E-state index is -1.02. The molecule has 0 radical (unpaired) electrons. The molecule has 2 aliphatic heterocycles. The number of aromatic nitrogens is 1. The summed E-state index contributed by atoms with van der Waals surface area (Å²) in [6.45, 7) is 13.4. The van der Waals surface area contributed by atoms with Crippen LogP contribution in [0.4, 0.5) is 4.79 Å². The number of amides is 2. The predicted octanol–water partition coefficient (Wildman–Crippen LogP) is 7.16. The molecule has 1 fully saturated rings. The van der Waals surface area contributed by atoms with E-state index in [0.29, 0.717) is 46.8 Å². The lowest BCUT2D eigenvalue weighted by atomic mass is 9.71. The number of pyridine rings is 1. The lowest BCUT2D eigenvalue weighted by molar-refractivity contribution is 0.108. The number of ether oxygens (including phenoxy) is 1. The maximum absolute atomic E-state index is 14.7. The van der Waals surface area contributed by atoms with Gasteiger partial charge in [-0.1, -0.05) is 68.2 Å². The lowest BCUT2D eigenvalue weighted by Crippen LogP contribution is -2.58. The molecule has 2 aliphatic rings. The molecule has 0 bridgehead atoms. The van der Waals surface area contributed by atoms with E-state index in [1.54, 1.807) is 16.0 Å². The van der Waals surface area contributed by atoms with Gasteiger partial charge in [0, 0.05) is 46.5 Å². The van der Waals surface area contributed by atoms with Crippen molar-refractivity contribution in [3.63, 3.8) is 0 Å². The maximum atomic E-state index is 14.7. The third-order valence-corrected chi connectivity index (χ3v) is 9.05. The molecule has 1 unspecified atom stereocenters. The second-order valence-corrected chi connectivity index (χ2v) is 13.2. The van der Waals surface area contributed by atoms with Gasteiger partial charge in [0.1, 0.15) is 22.7 Å². The van der Waals surface area contributed by atoms with Crippen molar-refractivity contribution in [2.45, 2.75) is 70.6 Å². The Hall–Kier alpha value is -3.13. The lowest BCUT2D eigenvalue weighted by Gasteiger charge is -2.46. The summed E-state index contributed by atoms with van der Waals surface area (Å²) in [7, 11) is 0. The number of rotatable bonds is 5. The third kappa shape index (κ3) is 5.16. The van der Waals surface area contributed by atoms with Gasteiger partial charge in [0.15, 0.2) is 0 Å². The van der Waals surface area contributed by atoms with Crippen LogP contribution in [0, 0.1) is 0 Å². The van der Waals surface area contributed by atoms with Crippen molar-refractivity contribution in [3.8, 4) is 5.75 Å². The van der Waals surface area contributed by atoms with Crippen molar-refractivity contribution in [2.75, 3.05) is 19.7 Å². The molecule has 2 amide bonds. The van der Waals surface area contributed by atoms with Crippen LogP contribution in [0.25, 0.3) is 0 Å². The minimum absolute atomic E-state index is 0.210. The first-order valence-electron chi connectivity index (χ1n) is 14.3. The molecule has 3 aromatic rings. The van der Waals surface area contributed by atoms with Crippen molar-refractivity contribution < 1.29 is 14.6 Å². The second kappa shape index (κ2) is 11.2. The summed E-state index contributed by atoms with van der Waals surface area (Å²) in [4.78, 5) is 28.3. The van der Waals surface area contributed by atoms with Crippen LogP contribution < -0.4 is 4.74 Å². The Bertz CT molecular complexity index is 1500. The molecule has 222 valence electrons. The second-order valence-electron chi connectivity index (χ2n) is 12.3. The number of urea groups is 1. The number of carbonyl (C=O) groups excluding carboxylic acids is 1. The zero-order valence-electron chi connectivity index (χ0n) is 25.0. The van der Waals surface area contributed by atoms with Crippen molar-refractivity contribution in [1.29, 1.82) is 0 Å². The number of hydrogen-bond donors (Lipinski definition) is 1. The quantitative estimate of drug-likeness (QED) is 0.333. The zero-order chi connectivity index (χ0) is 30.4. The fourth-order valence-corrected chi connectivity index (χ4v) is 6.17. The van der Waals surface area contributed by atoms with Crippen molar-refractivity contribution in [2.24, 2.45) is 4.99 Å². The molecule has 1 aromatic heterocycles. The van der Waals surface area contributed by atoms with Crippen LogP contribution in [-0.2, 0) is 16.5 Å². The fourth-order valence-electron chi connectivity index (χ4n) is 5.91. The molecule has 0 spiro atoms. The van der Waals surface area contributed by atoms with Gasteiger partial charge in [-0.15, -0.1) is 0 Å². The molecule has 9 heteroatoms. The van der Waals surface area contributed by atoms with E-state index >= 15 is 0 Å². The summed E-state index contributed by atoms with van der Waals surface area (Å²) in [5.74, 6) is 1.06. The Morgan fingerprint density at radius 1 is 1.05 bits per heavy atom. The number of halogens is 2. The number of hydrogen-bond acceptors (Lipinski definition) is 5. The smallest absolute Gasteiger partial charge is 0.326 e. The predicted molar refractivity (Wildman–Crippen MR) is 168 cm³/mol. The molecule has 3 atom stereocenters. The molecule has 1 saturated heterocycles. The Labute approximate surface area is 258 Å². The molecule has 3 heterocycles. The number of benzene rings is 2. The molecular formula is C33H38Cl2N4O3. The summed E-state index contributed by atoms with van der Waals surface area (Å²) in [5.41, 5.74) is 1.05. The van der Waals surface area contributed by atoms with Crippen LogP contribution in [0.1, 0.15) is 70.3 Å². The molecule has 42 heavy (non-hydrogen) atoms. The maximum Gasteiger partial charge on any atom is 0.326 e. The van der Waals surface area contributed by atoms with E-state index in [-0.39, 0.29) is 18.0 Å². The number of amidine groups is 1. The molecular weight excluding hydrogens is 571 g/mol. The first-order chi connectivity index (χ1) is 19.8. The number of likely N-dealkylation sites (tertiary alicyclic amines) is 1. The van der Waals surface area contributed by atoms with Gasteiger partial charge in [-0.3, -0.25) is 14.9 Å². The van der Waals surface area contributed by atoms with Crippen LogP contribution in [0.5, 0.6) is 5.75 Å². The molecule has 0 saturated carbocycles. The Balaban J connectivity index is 1.81. The van der Waals surface area contributed by atoms with Crippen molar-refractivity contribution in [1.82, 2.24) is 14.8 Å². The van der Waals surface area contributed by atoms with E-state index in [1.807, 2.05) is 75.4 Å². The van der Waals surface area contributed by atoms with Crippen LogP contribution in [0.15, 0.2) is 65.8 Å². The summed E-state index contributed by atoms with van der Waals surface area (Å²) in [5, 5.41) is 11.6. The standard InChI is InChI=1S/C33H38Cl2N4O3/c1-7-42-27-18-28(31(2,3)4)36-19-26(27)29-37-32(5,21-8-12-23(34)13-9-21)33(6,22-10-14-24(35)15-11-22)39(29)30(41)38-17-16-25(40)20-38/h8-15,18-19,25,40H,7,16-17,20H2,1-6H3/t25?,32-,33+/m0/s1. The largest absolute Gasteiger partial charge is 0.493 e. The van der Waals surface area contributed by atoms with Crippen molar-refractivity contribution in [3.05, 3.63) is 93.2 Å². The highest BCUT2D eigenvalue weighted by molar-refractivity contribution is 6.30. The highest BCUT2D eigenvalue weighted by atomic mass is 35.5. The van der Waals surface area contributed by atoms with Gasteiger partial charge in [-0.25, -0.2) is 4.79 Å². The third-order valence-electron chi connectivity index (χ3n) is 8.55. The average molecular weight is 610 g/mol. The number of aliphatic hydroxyl groups is 1. The molecule has 7 nitrogen and oxygen atoms in total. The summed E-state index contributed by atoms with van der Waals surface area (Å²) < 4.78 is 6.19. The highest BCUT2D eigenvalue weighted by Crippen LogP contribution is 2.54. The number of β-amino-alcohol motifs (C(OH)–C–C–N with tert-alkyl or cyclic N) is 1. The van der Waals surface area contributed by atoms with E-state index in [0.717, 1.165) is 16.8 Å². The molecule has 0 aliphatic carbocycles. The molecule has 1 N–H and O–H groups in total. The molecule has 2 aromatic carbocycles. The number of nitrogens with zero attached hydrogens (tertiary/aromatic N) is 4. The van der Waals surface area contributed by atoms with Gasteiger partial charge in [0.2, 0.25) is 0 Å². The van der Waals surface area contributed by atoms with Crippen LogP contribution in [0.3, 0.4) is 0 Å². The highest BCUT2D eigenvalue weighted by Gasteiger charge is 2.60. The van der Waals surface area contributed by atoms with E-state index in [4.69, 9.17) is 37.9 Å². The van der Waals surface area contributed by atoms with Crippen LogP contribution in [-0.4, -0.2) is 57.6 Å². The van der Waals surface area contributed by atoms with Crippen LogP contribution in [0.2, 0.25) is 10.0 Å². The summed E-state index contributed by atoms with van der Waals surface area (Å²) in [6, 6.07) is 16.8. The average Bonchev–Trinajstić information content (AvgIpc) is 3.48. The summed E-state index contributed by atoms with van der Waals surface area (Å²) in [6.07, 6.45) is 1.71.